The number of amidine groups is 1. The number of hydrogen-bond acceptors (Lipinski definition) is 2. The lowest BCUT2D eigenvalue weighted by molar-refractivity contribution is -0.115. The number of halogens is 1. The SMILES string of the molecule is Cc1ccc(C2=N/C(=C/c3ccc(Cl)cc3)C(=O)N2)cc1. The van der Waals surface area contributed by atoms with Gasteiger partial charge in [0.05, 0.1) is 0 Å². The van der Waals surface area contributed by atoms with Crippen LogP contribution in [0.25, 0.3) is 6.08 Å². The molecule has 0 unspecified atom stereocenters. The minimum atomic E-state index is -0.194. The van der Waals surface area contributed by atoms with Crippen molar-refractivity contribution in [2.45, 2.75) is 6.92 Å². The number of aryl methyl sites for hydroxylation is 1. The molecular weight excluding hydrogens is 284 g/mol. The van der Waals surface area contributed by atoms with Crippen molar-refractivity contribution in [1.82, 2.24) is 5.32 Å². The van der Waals surface area contributed by atoms with E-state index in [9.17, 15) is 4.79 Å². The standard InChI is InChI=1S/C17H13ClN2O/c1-11-2-6-13(7-3-11)16-19-15(17(21)20-16)10-12-4-8-14(18)9-5-12/h2-10H,1H3,(H,19,20,21)/b15-10+. The number of nitrogens with zero attached hydrogens (tertiary/aromatic N) is 1. The van der Waals surface area contributed by atoms with Crippen molar-refractivity contribution >= 4 is 29.4 Å². The predicted molar refractivity (Wildman–Crippen MR) is 85.3 cm³/mol. The van der Waals surface area contributed by atoms with Crippen LogP contribution in [0.2, 0.25) is 5.02 Å². The molecule has 3 rings (SSSR count). The third-order valence-corrected chi connectivity index (χ3v) is 3.45. The lowest BCUT2D eigenvalue weighted by atomic mass is 10.1. The van der Waals surface area contributed by atoms with Gasteiger partial charge in [-0.2, -0.15) is 0 Å². The predicted octanol–water partition coefficient (Wildman–Crippen LogP) is 3.57. The second-order valence-corrected chi connectivity index (χ2v) is 5.30. The topological polar surface area (TPSA) is 41.5 Å². The van der Waals surface area contributed by atoms with E-state index < -0.39 is 0 Å². The van der Waals surface area contributed by atoms with E-state index in [0.29, 0.717) is 16.6 Å². The van der Waals surface area contributed by atoms with Crippen LogP contribution in [-0.2, 0) is 4.79 Å². The zero-order chi connectivity index (χ0) is 14.8. The van der Waals surface area contributed by atoms with E-state index in [1.807, 2.05) is 43.3 Å². The van der Waals surface area contributed by atoms with Crippen LogP contribution < -0.4 is 5.32 Å². The number of amides is 1. The van der Waals surface area contributed by atoms with Crippen LogP contribution in [0, 0.1) is 6.92 Å². The molecule has 0 saturated carbocycles. The van der Waals surface area contributed by atoms with Crippen LogP contribution in [0.4, 0.5) is 0 Å². The first-order valence-corrected chi connectivity index (χ1v) is 6.94. The fraction of sp³-hybridized carbons (Fsp3) is 0.0588. The Morgan fingerprint density at radius 3 is 2.38 bits per heavy atom. The highest BCUT2D eigenvalue weighted by atomic mass is 35.5. The normalized spacial score (nSPS) is 16.0. The molecule has 0 atom stereocenters. The number of nitrogens with one attached hydrogen (secondary N) is 1. The Morgan fingerprint density at radius 1 is 1.05 bits per heavy atom. The summed E-state index contributed by atoms with van der Waals surface area (Å²) >= 11 is 5.85. The minimum absolute atomic E-state index is 0.194. The van der Waals surface area contributed by atoms with Gasteiger partial charge in [0.25, 0.3) is 5.91 Å². The van der Waals surface area contributed by atoms with E-state index in [0.717, 1.165) is 11.1 Å². The summed E-state index contributed by atoms with van der Waals surface area (Å²) in [5.74, 6) is 0.390. The van der Waals surface area contributed by atoms with Crippen molar-refractivity contribution in [2.75, 3.05) is 0 Å². The zero-order valence-electron chi connectivity index (χ0n) is 11.4. The number of hydrogen-bond donors (Lipinski definition) is 1. The molecule has 0 saturated heterocycles. The van der Waals surface area contributed by atoms with Gasteiger partial charge in [-0.05, 0) is 30.7 Å². The maximum atomic E-state index is 12.0. The summed E-state index contributed by atoms with van der Waals surface area (Å²) < 4.78 is 0. The third-order valence-electron chi connectivity index (χ3n) is 3.20. The number of carbonyl (C=O) groups excluding carboxylic acids is 1. The second-order valence-electron chi connectivity index (χ2n) is 4.86. The van der Waals surface area contributed by atoms with Crippen molar-refractivity contribution in [3.63, 3.8) is 0 Å². The molecule has 0 fully saturated rings. The average molecular weight is 297 g/mol. The van der Waals surface area contributed by atoms with Gasteiger partial charge in [-0.3, -0.25) is 4.79 Å². The highest BCUT2D eigenvalue weighted by Gasteiger charge is 2.20. The van der Waals surface area contributed by atoms with Gasteiger partial charge in [-0.1, -0.05) is 53.6 Å². The Hall–Kier alpha value is -2.39. The van der Waals surface area contributed by atoms with Crippen LogP contribution in [0.1, 0.15) is 16.7 Å². The highest BCUT2D eigenvalue weighted by molar-refractivity contribution is 6.30. The molecule has 104 valence electrons. The van der Waals surface area contributed by atoms with E-state index >= 15 is 0 Å². The van der Waals surface area contributed by atoms with Crippen LogP contribution >= 0.6 is 11.6 Å². The van der Waals surface area contributed by atoms with Crippen LogP contribution in [0.15, 0.2) is 59.2 Å². The van der Waals surface area contributed by atoms with Crippen molar-refractivity contribution in [3.8, 4) is 0 Å². The van der Waals surface area contributed by atoms with Gasteiger partial charge in [0.2, 0.25) is 0 Å². The first-order valence-electron chi connectivity index (χ1n) is 6.56. The van der Waals surface area contributed by atoms with Crippen molar-refractivity contribution in [1.29, 1.82) is 0 Å². The molecule has 3 nitrogen and oxygen atoms in total. The third kappa shape index (κ3) is 3.03. The van der Waals surface area contributed by atoms with Crippen LogP contribution in [0.3, 0.4) is 0 Å². The first kappa shape index (κ1) is 13.6. The molecule has 0 bridgehead atoms. The fourth-order valence-corrected chi connectivity index (χ4v) is 2.16. The molecule has 1 N–H and O–H groups in total. The molecule has 1 heterocycles. The average Bonchev–Trinajstić information content (AvgIpc) is 2.83. The number of benzene rings is 2. The summed E-state index contributed by atoms with van der Waals surface area (Å²) in [6.07, 6.45) is 1.74. The highest BCUT2D eigenvalue weighted by Crippen LogP contribution is 2.17. The summed E-state index contributed by atoms with van der Waals surface area (Å²) in [5.41, 5.74) is 3.35. The van der Waals surface area contributed by atoms with E-state index in [1.54, 1.807) is 18.2 Å². The van der Waals surface area contributed by atoms with E-state index in [2.05, 4.69) is 10.3 Å². The molecule has 1 aliphatic rings. The Bertz CT molecular complexity index is 743. The van der Waals surface area contributed by atoms with E-state index in [1.165, 1.54) is 5.56 Å². The van der Waals surface area contributed by atoms with Gasteiger partial charge in [-0.25, -0.2) is 4.99 Å². The van der Waals surface area contributed by atoms with E-state index in [-0.39, 0.29) is 5.91 Å². The molecule has 0 aromatic heterocycles. The van der Waals surface area contributed by atoms with Gasteiger partial charge in [0.15, 0.2) is 0 Å². The summed E-state index contributed by atoms with van der Waals surface area (Å²) in [7, 11) is 0. The smallest absolute Gasteiger partial charge is 0.275 e. The van der Waals surface area contributed by atoms with E-state index in [4.69, 9.17) is 11.6 Å². The molecule has 1 aliphatic heterocycles. The Balaban J connectivity index is 1.91. The maximum absolute atomic E-state index is 12.0. The van der Waals surface area contributed by atoms with Gasteiger partial charge in [0.1, 0.15) is 11.5 Å². The van der Waals surface area contributed by atoms with Gasteiger partial charge in [0, 0.05) is 10.6 Å². The molecule has 0 spiro atoms. The van der Waals surface area contributed by atoms with Crippen LogP contribution in [0.5, 0.6) is 0 Å². The lowest BCUT2D eigenvalue weighted by Crippen LogP contribution is -2.24. The molecule has 0 aliphatic carbocycles. The lowest BCUT2D eigenvalue weighted by Gasteiger charge is -2.00. The Morgan fingerprint density at radius 2 is 1.71 bits per heavy atom. The summed E-state index contributed by atoms with van der Waals surface area (Å²) in [4.78, 5) is 16.3. The number of aliphatic imine (C=N–C) groups is 1. The number of rotatable bonds is 2. The molecule has 0 radical (unpaired) electrons. The zero-order valence-corrected chi connectivity index (χ0v) is 12.2. The van der Waals surface area contributed by atoms with Crippen molar-refractivity contribution in [2.24, 2.45) is 4.99 Å². The number of carbonyl (C=O) groups is 1. The maximum Gasteiger partial charge on any atom is 0.275 e. The van der Waals surface area contributed by atoms with Gasteiger partial charge >= 0.3 is 0 Å². The minimum Gasteiger partial charge on any atom is -0.305 e. The molecule has 2 aromatic carbocycles. The molecule has 4 heteroatoms. The van der Waals surface area contributed by atoms with Gasteiger partial charge in [-0.15, -0.1) is 0 Å². The fourth-order valence-electron chi connectivity index (χ4n) is 2.03. The van der Waals surface area contributed by atoms with Crippen molar-refractivity contribution in [3.05, 3.63) is 75.9 Å². The summed E-state index contributed by atoms with van der Waals surface area (Å²) in [6.45, 7) is 2.02. The molecule has 1 amide bonds. The van der Waals surface area contributed by atoms with Crippen molar-refractivity contribution < 1.29 is 4.79 Å². The summed E-state index contributed by atoms with van der Waals surface area (Å²) in [6, 6.07) is 15.1. The summed E-state index contributed by atoms with van der Waals surface area (Å²) in [5, 5.41) is 3.45. The molecule has 2 aromatic rings. The quantitative estimate of drug-likeness (QED) is 0.846. The monoisotopic (exact) mass is 296 g/mol. The Kier molecular flexibility index (Phi) is 3.59. The largest absolute Gasteiger partial charge is 0.305 e. The molecular formula is C17H13ClN2O. The Labute approximate surface area is 128 Å². The first-order chi connectivity index (χ1) is 10.1. The molecule has 21 heavy (non-hydrogen) atoms. The van der Waals surface area contributed by atoms with Crippen LogP contribution in [-0.4, -0.2) is 11.7 Å². The second kappa shape index (κ2) is 5.54. The van der Waals surface area contributed by atoms with Gasteiger partial charge < -0.3 is 5.32 Å².